The standard InChI is InChI=1S/C17H18N4O2/c18-10-16-13-20(8-9-23-16)17(22)7-6-14-11-19-21(12-14)15-4-2-1-3-5-15/h1-5,11-12,16H,6-9,13H2/t16-/m1/s1. The largest absolute Gasteiger partial charge is 0.360 e. The predicted molar refractivity (Wildman–Crippen MR) is 83.8 cm³/mol. The second-order valence-corrected chi connectivity index (χ2v) is 5.46. The first kappa shape index (κ1) is 15.3. The molecular weight excluding hydrogens is 292 g/mol. The van der Waals surface area contributed by atoms with Crippen LogP contribution in [-0.4, -0.2) is 46.4 Å². The van der Waals surface area contributed by atoms with Crippen molar-refractivity contribution in [1.82, 2.24) is 14.7 Å². The van der Waals surface area contributed by atoms with Crippen molar-refractivity contribution in [2.75, 3.05) is 19.7 Å². The minimum atomic E-state index is -0.506. The van der Waals surface area contributed by atoms with Crippen LogP contribution in [0.3, 0.4) is 0 Å². The topological polar surface area (TPSA) is 71.2 Å². The Balaban J connectivity index is 1.55. The van der Waals surface area contributed by atoms with Gasteiger partial charge in [-0.15, -0.1) is 0 Å². The molecular formula is C17H18N4O2. The van der Waals surface area contributed by atoms with Gasteiger partial charge in [-0.05, 0) is 24.1 Å². The molecule has 1 aliphatic rings. The van der Waals surface area contributed by atoms with Gasteiger partial charge in [0.2, 0.25) is 5.91 Å². The van der Waals surface area contributed by atoms with Crippen molar-refractivity contribution >= 4 is 5.91 Å². The summed E-state index contributed by atoms with van der Waals surface area (Å²) in [6.45, 7) is 1.34. The number of aryl methyl sites for hydroxylation is 1. The van der Waals surface area contributed by atoms with Crippen LogP contribution in [0, 0.1) is 11.3 Å². The molecule has 6 nitrogen and oxygen atoms in total. The normalized spacial score (nSPS) is 17.7. The fourth-order valence-electron chi connectivity index (χ4n) is 2.57. The second-order valence-electron chi connectivity index (χ2n) is 5.46. The Morgan fingerprint density at radius 3 is 3.00 bits per heavy atom. The summed E-state index contributed by atoms with van der Waals surface area (Å²) in [6.07, 6.45) is 4.28. The molecule has 0 unspecified atom stereocenters. The van der Waals surface area contributed by atoms with Gasteiger partial charge in [0.05, 0.1) is 31.1 Å². The van der Waals surface area contributed by atoms with Gasteiger partial charge in [-0.1, -0.05) is 18.2 Å². The third-order valence-electron chi connectivity index (χ3n) is 3.85. The molecule has 1 fully saturated rings. The molecule has 0 bridgehead atoms. The Morgan fingerprint density at radius 1 is 1.39 bits per heavy atom. The Bertz CT molecular complexity index is 705. The summed E-state index contributed by atoms with van der Waals surface area (Å²) >= 11 is 0. The summed E-state index contributed by atoms with van der Waals surface area (Å²) in [4.78, 5) is 14.0. The molecule has 1 saturated heterocycles. The third kappa shape index (κ3) is 3.76. The van der Waals surface area contributed by atoms with Crippen LogP contribution in [0.5, 0.6) is 0 Å². The summed E-state index contributed by atoms with van der Waals surface area (Å²) in [5, 5.41) is 13.2. The number of nitriles is 1. The van der Waals surface area contributed by atoms with Gasteiger partial charge >= 0.3 is 0 Å². The molecule has 0 N–H and O–H groups in total. The minimum Gasteiger partial charge on any atom is -0.360 e. The third-order valence-corrected chi connectivity index (χ3v) is 3.85. The maximum Gasteiger partial charge on any atom is 0.223 e. The highest BCUT2D eigenvalue weighted by Crippen LogP contribution is 2.11. The van der Waals surface area contributed by atoms with Gasteiger partial charge in [-0.2, -0.15) is 10.4 Å². The second kappa shape index (κ2) is 7.07. The van der Waals surface area contributed by atoms with Crippen LogP contribution in [0.25, 0.3) is 5.69 Å². The Morgan fingerprint density at radius 2 is 2.22 bits per heavy atom. The van der Waals surface area contributed by atoms with Gasteiger partial charge in [-0.3, -0.25) is 4.79 Å². The molecule has 2 aromatic rings. The lowest BCUT2D eigenvalue weighted by molar-refractivity contribution is -0.136. The first-order valence-corrected chi connectivity index (χ1v) is 7.64. The number of para-hydroxylation sites is 1. The van der Waals surface area contributed by atoms with E-state index < -0.39 is 6.10 Å². The molecule has 2 heterocycles. The average Bonchev–Trinajstić information content (AvgIpc) is 3.09. The molecule has 23 heavy (non-hydrogen) atoms. The zero-order chi connectivity index (χ0) is 16.1. The van der Waals surface area contributed by atoms with Gasteiger partial charge < -0.3 is 9.64 Å². The van der Waals surface area contributed by atoms with Crippen molar-refractivity contribution in [3.05, 3.63) is 48.3 Å². The fraction of sp³-hybridized carbons (Fsp3) is 0.353. The average molecular weight is 310 g/mol. The van der Waals surface area contributed by atoms with E-state index in [1.54, 1.807) is 15.8 Å². The van der Waals surface area contributed by atoms with E-state index in [2.05, 4.69) is 11.2 Å². The van der Waals surface area contributed by atoms with Crippen molar-refractivity contribution in [2.45, 2.75) is 18.9 Å². The monoisotopic (exact) mass is 310 g/mol. The number of rotatable bonds is 4. The maximum atomic E-state index is 12.2. The van der Waals surface area contributed by atoms with Crippen LogP contribution in [0.4, 0.5) is 0 Å². The lowest BCUT2D eigenvalue weighted by atomic mass is 10.1. The molecule has 118 valence electrons. The number of aromatic nitrogens is 2. The zero-order valence-electron chi connectivity index (χ0n) is 12.8. The van der Waals surface area contributed by atoms with Crippen LogP contribution < -0.4 is 0 Å². The van der Waals surface area contributed by atoms with E-state index in [1.165, 1.54) is 0 Å². The molecule has 0 spiro atoms. The molecule has 0 saturated carbocycles. The smallest absolute Gasteiger partial charge is 0.223 e. The van der Waals surface area contributed by atoms with E-state index in [1.807, 2.05) is 36.5 Å². The number of benzene rings is 1. The number of hydrogen-bond donors (Lipinski definition) is 0. The van der Waals surface area contributed by atoms with E-state index in [9.17, 15) is 4.79 Å². The number of carbonyl (C=O) groups excluding carboxylic acids is 1. The summed E-state index contributed by atoms with van der Waals surface area (Å²) < 4.78 is 7.06. The number of nitrogens with zero attached hydrogens (tertiary/aromatic N) is 4. The number of hydrogen-bond acceptors (Lipinski definition) is 4. The first-order valence-electron chi connectivity index (χ1n) is 7.64. The SMILES string of the molecule is N#C[C@@H]1CN(C(=O)CCc2cnn(-c3ccccc3)c2)CCO1. The summed E-state index contributed by atoms with van der Waals surface area (Å²) in [7, 11) is 0. The van der Waals surface area contributed by atoms with Gasteiger partial charge in [0, 0.05) is 19.2 Å². The van der Waals surface area contributed by atoms with Crippen molar-refractivity contribution < 1.29 is 9.53 Å². The van der Waals surface area contributed by atoms with Crippen LogP contribution in [0.15, 0.2) is 42.7 Å². The lowest BCUT2D eigenvalue weighted by Gasteiger charge is -2.29. The molecule has 0 aliphatic carbocycles. The first-order chi connectivity index (χ1) is 11.3. The highest BCUT2D eigenvalue weighted by molar-refractivity contribution is 5.76. The van der Waals surface area contributed by atoms with Crippen LogP contribution >= 0.6 is 0 Å². The molecule has 1 aliphatic heterocycles. The van der Waals surface area contributed by atoms with Gasteiger partial charge in [0.15, 0.2) is 6.10 Å². The van der Waals surface area contributed by atoms with E-state index >= 15 is 0 Å². The quantitative estimate of drug-likeness (QED) is 0.859. The Kier molecular flexibility index (Phi) is 4.69. The minimum absolute atomic E-state index is 0.0565. The van der Waals surface area contributed by atoms with Crippen LogP contribution in [0.2, 0.25) is 0 Å². The van der Waals surface area contributed by atoms with E-state index in [4.69, 9.17) is 10.00 Å². The van der Waals surface area contributed by atoms with Gasteiger partial charge in [0.25, 0.3) is 0 Å². The maximum absolute atomic E-state index is 12.2. The number of carbonyl (C=O) groups is 1. The van der Waals surface area contributed by atoms with Crippen molar-refractivity contribution in [3.63, 3.8) is 0 Å². The van der Waals surface area contributed by atoms with E-state index in [0.717, 1.165) is 11.3 Å². The van der Waals surface area contributed by atoms with Crippen LogP contribution in [-0.2, 0) is 16.0 Å². The molecule has 3 rings (SSSR count). The van der Waals surface area contributed by atoms with Crippen molar-refractivity contribution in [1.29, 1.82) is 5.26 Å². The summed E-state index contributed by atoms with van der Waals surface area (Å²) in [5.41, 5.74) is 2.02. The number of ether oxygens (including phenoxy) is 1. The number of morpholine rings is 1. The predicted octanol–water partition coefficient (Wildman–Crippen LogP) is 1.56. The molecule has 1 amide bonds. The van der Waals surface area contributed by atoms with E-state index in [-0.39, 0.29) is 5.91 Å². The highest BCUT2D eigenvalue weighted by Gasteiger charge is 2.23. The lowest BCUT2D eigenvalue weighted by Crippen LogP contribution is -2.45. The summed E-state index contributed by atoms with van der Waals surface area (Å²) in [5.74, 6) is 0.0565. The van der Waals surface area contributed by atoms with Crippen molar-refractivity contribution in [2.24, 2.45) is 0 Å². The molecule has 1 atom stereocenters. The van der Waals surface area contributed by atoms with Gasteiger partial charge in [0.1, 0.15) is 0 Å². The van der Waals surface area contributed by atoms with Gasteiger partial charge in [-0.25, -0.2) is 4.68 Å². The Hall–Kier alpha value is -2.65. The van der Waals surface area contributed by atoms with Crippen molar-refractivity contribution in [3.8, 4) is 11.8 Å². The zero-order valence-corrected chi connectivity index (χ0v) is 12.8. The summed E-state index contributed by atoms with van der Waals surface area (Å²) in [6, 6.07) is 11.9. The molecule has 6 heteroatoms. The Labute approximate surface area is 134 Å². The molecule has 1 aromatic carbocycles. The fourth-order valence-corrected chi connectivity index (χ4v) is 2.57. The van der Waals surface area contributed by atoms with Crippen LogP contribution in [0.1, 0.15) is 12.0 Å². The highest BCUT2D eigenvalue weighted by atomic mass is 16.5. The number of amides is 1. The molecule has 1 aromatic heterocycles. The molecule has 0 radical (unpaired) electrons. The van der Waals surface area contributed by atoms with E-state index in [0.29, 0.717) is 32.5 Å².